The summed E-state index contributed by atoms with van der Waals surface area (Å²) < 4.78 is 1.68. The van der Waals surface area contributed by atoms with E-state index < -0.39 is 0 Å². The summed E-state index contributed by atoms with van der Waals surface area (Å²) >= 11 is 0. The number of benzene rings is 1. The smallest absolute Gasteiger partial charge is 0.138 e. The summed E-state index contributed by atoms with van der Waals surface area (Å²) in [5.74, 6) is 0. The first-order valence-corrected chi connectivity index (χ1v) is 4.84. The second-order valence-electron chi connectivity index (χ2n) is 3.41. The molecule has 0 aliphatic heterocycles. The van der Waals surface area contributed by atoms with E-state index >= 15 is 0 Å². The van der Waals surface area contributed by atoms with E-state index in [0.29, 0.717) is 5.69 Å². The van der Waals surface area contributed by atoms with Gasteiger partial charge in [-0.25, -0.2) is 9.67 Å². The second kappa shape index (κ2) is 3.30. The van der Waals surface area contributed by atoms with Crippen LogP contribution in [0, 0.1) is 0 Å². The summed E-state index contributed by atoms with van der Waals surface area (Å²) in [5.41, 5.74) is 8.31. The molecule has 0 aliphatic rings. The number of nitrogens with zero attached hydrogens (tertiary/aromatic N) is 4. The number of aromatic nitrogens is 4. The van der Waals surface area contributed by atoms with Gasteiger partial charge in [-0.2, -0.15) is 5.10 Å². The molecule has 0 aliphatic carbocycles. The molecular weight excluding hydrogens is 202 g/mol. The monoisotopic (exact) mass is 211 g/mol. The van der Waals surface area contributed by atoms with Crippen molar-refractivity contribution in [3.05, 3.63) is 43.1 Å². The van der Waals surface area contributed by atoms with Crippen molar-refractivity contribution in [3.63, 3.8) is 0 Å². The molecule has 78 valence electrons. The fourth-order valence-electron chi connectivity index (χ4n) is 1.70. The maximum Gasteiger partial charge on any atom is 0.138 e. The number of nitrogens with two attached hydrogens (primary N) is 1. The Kier molecular flexibility index (Phi) is 1.83. The molecule has 3 aromatic rings. The highest BCUT2D eigenvalue weighted by Gasteiger charge is 2.06. The number of rotatable bonds is 1. The highest BCUT2D eigenvalue weighted by molar-refractivity contribution is 5.95. The average Bonchev–Trinajstić information content (AvgIpc) is 2.83. The summed E-state index contributed by atoms with van der Waals surface area (Å²) in [6, 6.07) is 7.54. The zero-order valence-electron chi connectivity index (χ0n) is 8.41. The van der Waals surface area contributed by atoms with Crippen molar-refractivity contribution in [2.45, 2.75) is 0 Å². The largest absolute Gasteiger partial charge is 0.398 e. The number of nitrogen functional groups attached to an aromatic ring is 1. The predicted molar refractivity (Wildman–Crippen MR) is 61.1 cm³/mol. The zero-order valence-corrected chi connectivity index (χ0v) is 8.41. The summed E-state index contributed by atoms with van der Waals surface area (Å²) in [5, 5.41) is 5.02. The van der Waals surface area contributed by atoms with Crippen LogP contribution in [0.1, 0.15) is 0 Å². The molecule has 2 heterocycles. The van der Waals surface area contributed by atoms with Crippen LogP contribution in [0.4, 0.5) is 5.69 Å². The standard InChI is InChI=1S/C11H9N5/c12-9-3-4-10(16-7-13-6-15-16)11-8(9)2-1-5-14-11/h1-7H,12H2. The van der Waals surface area contributed by atoms with Crippen molar-refractivity contribution in [2.75, 3.05) is 5.73 Å². The zero-order chi connectivity index (χ0) is 11.0. The topological polar surface area (TPSA) is 69.6 Å². The van der Waals surface area contributed by atoms with Gasteiger partial charge in [0.25, 0.3) is 0 Å². The Bertz CT molecular complexity index is 630. The van der Waals surface area contributed by atoms with Gasteiger partial charge in [0, 0.05) is 17.3 Å². The molecule has 0 fully saturated rings. The molecular formula is C11H9N5. The van der Waals surface area contributed by atoms with Gasteiger partial charge in [0.05, 0.1) is 11.2 Å². The third kappa shape index (κ3) is 1.22. The van der Waals surface area contributed by atoms with E-state index in [2.05, 4.69) is 15.1 Å². The Morgan fingerprint density at radius 1 is 1.19 bits per heavy atom. The van der Waals surface area contributed by atoms with Gasteiger partial charge in [-0.15, -0.1) is 0 Å². The Hall–Kier alpha value is -2.43. The molecule has 0 atom stereocenters. The lowest BCUT2D eigenvalue weighted by Crippen LogP contribution is -1.98. The summed E-state index contributed by atoms with van der Waals surface area (Å²) in [7, 11) is 0. The maximum absolute atomic E-state index is 5.89. The minimum absolute atomic E-state index is 0.715. The van der Waals surface area contributed by atoms with Gasteiger partial charge in [0.2, 0.25) is 0 Å². The minimum atomic E-state index is 0.715. The predicted octanol–water partition coefficient (Wildman–Crippen LogP) is 1.40. The molecule has 1 aromatic carbocycles. The molecule has 0 saturated carbocycles. The first-order valence-electron chi connectivity index (χ1n) is 4.84. The van der Waals surface area contributed by atoms with Gasteiger partial charge < -0.3 is 5.73 Å². The third-order valence-corrected chi connectivity index (χ3v) is 2.45. The van der Waals surface area contributed by atoms with E-state index in [1.54, 1.807) is 17.2 Å². The molecule has 5 nitrogen and oxygen atoms in total. The lowest BCUT2D eigenvalue weighted by Gasteiger charge is -2.06. The van der Waals surface area contributed by atoms with E-state index in [9.17, 15) is 0 Å². The maximum atomic E-state index is 5.89. The van der Waals surface area contributed by atoms with Crippen molar-refractivity contribution < 1.29 is 0 Å². The molecule has 0 bridgehead atoms. The lowest BCUT2D eigenvalue weighted by atomic mass is 10.1. The van der Waals surface area contributed by atoms with Gasteiger partial charge in [-0.05, 0) is 24.3 Å². The van der Waals surface area contributed by atoms with Crippen LogP contribution in [0.2, 0.25) is 0 Å². The highest BCUT2D eigenvalue weighted by atomic mass is 15.3. The molecule has 2 aromatic heterocycles. The number of fused-ring (bicyclic) bond motifs is 1. The van der Waals surface area contributed by atoms with Gasteiger partial charge in [0.15, 0.2) is 0 Å². The van der Waals surface area contributed by atoms with E-state index in [1.807, 2.05) is 24.3 Å². The molecule has 0 radical (unpaired) electrons. The number of hydrogen-bond donors (Lipinski definition) is 1. The van der Waals surface area contributed by atoms with Crippen molar-refractivity contribution in [2.24, 2.45) is 0 Å². The van der Waals surface area contributed by atoms with Crippen LogP contribution in [0.5, 0.6) is 0 Å². The molecule has 0 saturated heterocycles. The lowest BCUT2D eigenvalue weighted by molar-refractivity contribution is 0.883. The summed E-state index contributed by atoms with van der Waals surface area (Å²) in [6.45, 7) is 0. The fourth-order valence-corrected chi connectivity index (χ4v) is 1.70. The normalized spacial score (nSPS) is 10.8. The SMILES string of the molecule is Nc1ccc(-n2cncn2)c2ncccc12. The minimum Gasteiger partial charge on any atom is -0.398 e. The Labute approximate surface area is 91.6 Å². The Morgan fingerprint density at radius 3 is 2.94 bits per heavy atom. The van der Waals surface area contributed by atoms with Crippen LogP contribution in [0.25, 0.3) is 16.6 Å². The van der Waals surface area contributed by atoms with Crippen LogP contribution in [0.3, 0.4) is 0 Å². The molecule has 3 rings (SSSR count). The van der Waals surface area contributed by atoms with Crippen molar-refractivity contribution in [1.29, 1.82) is 0 Å². The number of anilines is 1. The molecule has 2 N–H and O–H groups in total. The molecule has 0 unspecified atom stereocenters. The van der Waals surface area contributed by atoms with Crippen molar-refractivity contribution in [3.8, 4) is 5.69 Å². The Balaban J connectivity index is 2.39. The van der Waals surface area contributed by atoms with E-state index in [4.69, 9.17) is 5.73 Å². The number of hydrogen-bond acceptors (Lipinski definition) is 4. The fraction of sp³-hybridized carbons (Fsp3) is 0. The quantitative estimate of drug-likeness (QED) is 0.617. The van der Waals surface area contributed by atoms with Gasteiger partial charge >= 0.3 is 0 Å². The number of pyridine rings is 1. The second-order valence-corrected chi connectivity index (χ2v) is 3.41. The summed E-state index contributed by atoms with van der Waals surface area (Å²) in [4.78, 5) is 8.25. The van der Waals surface area contributed by atoms with E-state index in [1.165, 1.54) is 6.33 Å². The van der Waals surface area contributed by atoms with Crippen molar-refractivity contribution >= 4 is 16.6 Å². The molecule has 0 spiro atoms. The van der Waals surface area contributed by atoms with Crippen LogP contribution < -0.4 is 5.73 Å². The third-order valence-electron chi connectivity index (χ3n) is 2.45. The van der Waals surface area contributed by atoms with E-state index in [-0.39, 0.29) is 0 Å². The summed E-state index contributed by atoms with van der Waals surface area (Å²) in [6.07, 6.45) is 4.87. The Morgan fingerprint density at radius 2 is 2.12 bits per heavy atom. The van der Waals surface area contributed by atoms with E-state index in [0.717, 1.165) is 16.6 Å². The highest BCUT2D eigenvalue weighted by Crippen LogP contribution is 2.24. The molecule has 5 heteroatoms. The van der Waals surface area contributed by atoms with Crippen LogP contribution >= 0.6 is 0 Å². The van der Waals surface area contributed by atoms with Crippen LogP contribution in [-0.2, 0) is 0 Å². The van der Waals surface area contributed by atoms with Crippen LogP contribution in [-0.4, -0.2) is 19.7 Å². The molecule has 0 amide bonds. The van der Waals surface area contributed by atoms with Gasteiger partial charge in [-0.1, -0.05) is 0 Å². The first-order chi connectivity index (χ1) is 7.86. The van der Waals surface area contributed by atoms with Gasteiger partial charge in [-0.3, -0.25) is 4.98 Å². The average molecular weight is 211 g/mol. The van der Waals surface area contributed by atoms with Gasteiger partial charge in [0.1, 0.15) is 12.7 Å². The van der Waals surface area contributed by atoms with Crippen molar-refractivity contribution in [1.82, 2.24) is 19.7 Å². The van der Waals surface area contributed by atoms with Crippen LogP contribution in [0.15, 0.2) is 43.1 Å². The molecule has 16 heavy (non-hydrogen) atoms. The first kappa shape index (κ1) is 8.84.